The van der Waals surface area contributed by atoms with E-state index in [4.69, 9.17) is 9.47 Å². The average Bonchev–Trinajstić information content (AvgIpc) is 2.98. The van der Waals surface area contributed by atoms with Gasteiger partial charge in [0, 0.05) is 44.3 Å². The minimum atomic E-state index is -0.189. The van der Waals surface area contributed by atoms with E-state index in [0.29, 0.717) is 12.6 Å². The van der Waals surface area contributed by atoms with Crippen molar-refractivity contribution in [1.82, 2.24) is 19.9 Å². The largest absolute Gasteiger partial charge is 0.458 e. The van der Waals surface area contributed by atoms with E-state index in [0.717, 1.165) is 43.9 Å². The molecule has 4 rings (SSSR count). The highest BCUT2D eigenvalue weighted by atomic mass is 16.6. The first-order chi connectivity index (χ1) is 11.7. The van der Waals surface area contributed by atoms with Crippen molar-refractivity contribution in [2.24, 2.45) is 0 Å². The van der Waals surface area contributed by atoms with Crippen molar-refractivity contribution in [1.29, 1.82) is 0 Å². The highest BCUT2D eigenvalue weighted by Gasteiger charge is 2.45. The Balaban J connectivity index is 1.43. The van der Waals surface area contributed by atoms with Gasteiger partial charge < -0.3 is 14.4 Å². The summed E-state index contributed by atoms with van der Waals surface area (Å²) in [6, 6.07) is 2.19. The fourth-order valence-corrected chi connectivity index (χ4v) is 3.48. The Bertz CT molecular complexity index is 681. The predicted molar refractivity (Wildman–Crippen MR) is 88.0 cm³/mol. The summed E-state index contributed by atoms with van der Waals surface area (Å²) in [7, 11) is 0. The molecular formula is C17H21N5O2. The lowest BCUT2D eigenvalue weighted by atomic mass is 9.89. The van der Waals surface area contributed by atoms with Crippen LogP contribution in [0.3, 0.4) is 0 Å². The van der Waals surface area contributed by atoms with Crippen LogP contribution in [0.25, 0.3) is 0 Å². The Morgan fingerprint density at radius 1 is 1.21 bits per heavy atom. The standard InChI is InChI=1S/C17H21N5O2/c1-13-9-20-15(21-10-13)22-7-2-4-17(12-22)8-14(11-23-17)24-16-18-5-3-6-19-16/h3,5-6,9-10,14H,2,4,7-8,11-12H2,1H3/t14-,17+/m0/s1. The van der Waals surface area contributed by atoms with Crippen LogP contribution < -0.4 is 9.64 Å². The number of anilines is 1. The number of nitrogens with zero attached hydrogens (tertiary/aromatic N) is 5. The zero-order chi connectivity index (χ0) is 16.4. The van der Waals surface area contributed by atoms with Crippen molar-refractivity contribution < 1.29 is 9.47 Å². The van der Waals surface area contributed by atoms with Crippen molar-refractivity contribution in [3.8, 4) is 6.01 Å². The predicted octanol–water partition coefficient (Wildman–Crippen LogP) is 1.78. The monoisotopic (exact) mass is 327 g/mol. The molecule has 2 aliphatic rings. The van der Waals surface area contributed by atoms with Crippen molar-refractivity contribution in [2.75, 3.05) is 24.6 Å². The number of hydrogen-bond donors (Lipinski definition) is 0. The lowest BCUT2D eigenvalue weighted by Gasteiger charge is -2.39. The number of rotatable bonds is 3. The SMILES string of the molecule is Cc1cnc(N2CCC[C@@]3(C[C@H](Oc4ncccn4)CO3)C2)nc1. The number of piperidine rings is 1. The number of aryl methyl sites for hydroxylation is 1. The maximum absolute atomic E-state index is 6.16. The quantitative estimate of drug-likeness (QED) is 0.851. The third-order valence-corrected chi connectivity index (χ3v) is 4.58. The minimum Gasteiger partial charge on any atom is -0.458 e. The van der Waals surface area contributed by atoms with Crippen LogP contribution in [0.5, 0.6) is 6.01 Å². The topological polar surface area (TPSA) is 73.3 Å². The van der Waals surface area contributed by atoms with Crippen LogP contribution in [-0.4, -0.2) is 51.3 Å². The molecule has 0 saturated carbocycles. The molecule has 2 aromatic heterocycles. The van der Waals surface area contributed by atoms with Gasteiger partial charge in [-0.3, -0.25) is 0 Å². The van der Waals surface area contributed by atoms with E-state index < -0.39 is 0 Å². The van der Waals surface area contributed by atoms with Gasteiger partial charge in [-0.15, -0.1) is 0 Å². The van der Waals surface area contributed by atoms with Crippen LogP contribution in [0, 0.1) is 6.92 Å². The Morgan fingerprint density at radius 2 is 2.00 bits per heavy atom. The van der Waals surface area contributed by atoms with Crippen LogP contribution in [0.2, 0.25) is 0 Å². The van der Waals surface area contributed by atoms with E-state index in [1.54, 1.807) is 18.5 Å². The van der Waals surface area contributed by atoms with Crippen LogP contribution in [0.1, 0.15) is 24.8 Å². The van der Waals surface area contributed by atoms with Gasteiger partial charge in [-0.05, 0) is 31.4 Å². The molecule has 2 atom stereocenters. The lowest BCUT2D eigenvalue weighted by molar-refractivity contribution is -0.00858. The fourth-order valence-electron chi connectivity index (χ4n) is 3.48. The molecule has 2 aliphatic heterocycles. The van der Waals surface area contributed by atoms with E-state index in [1.807, 2.05) is 19.3 Å². The summed E-state index contributed by atoms with van der Waals surface area (Å²) in [5.41, 5.74) is 0.880. The molecule has 2 aromatic rings. The van der Waals surface area contributed by atoms with Crippen LogP contribution in [0.15, 0.2) is 30.9 Å². The van der Waals surface area contributed by atoms with Gasteiger partial charge >= 0.3 is 6.01 Å². The fraction of sp³-hybridized carbons (Fsp3) is 0.529. The third-order valence-electron chi connectivity index (χ3n) is 4.58. The van der Waals surface area contributed by atoms with Gasteiger partial charge in [0.05, 0.1) is 12.2 Å². The molecule has 2 fully saturated rings. The van der Waals surface area contributed by atoms with Crippen LogP contribution in [-0.2, 0) is 4.74 Å². The van der Waals surface area contributed by atoms with Crippen molar-refractivity contribution in [2.45, 2.75) is 37.9 Å². The summed E-state index contributed by atoms with van der Waals surface area (Å²) in [6.45, 7) is 4.32. The van der Waals surface area contributed by atoms with E-state index in [1.165, 1.54) is 0 Å². The molecule has 0 N–H and O–H groups in total. The second-order valence-corrected chi connectivity index (χ2v) is 6.55. The molecule has 1 spiro atoms. The Kier molecular flexibility index (Phi) is 4.02. The summed E-state index contributed by atoms with van der Waals surface area (Å²) in [4.78, 5) is 19.4. The second-order valence-electron chi connectivity index (χ2n) is 6.55. The Labute approximate surface area is 141 Å². The maximum atomic E-state index is 6.16. The van der Waals surface area contributed by atoms with Gasteiger partial charge in [0.1, 0.15) is 6.10 Å². The summed E-state index contributed by atoms with van der Waals surface area (Å²) in [5, 5.41) is 0. The average molecular weight is 327 g/mol. The highest BCUT2D eigenvalue weighted by Crippen LogP contribution is 2.36. The molecule has 0 aliphatic carbocycles. The van der Waals surface area contributed by atoms with E-state index in [-0.39, 0.29) is 11.7 Å². The maximum Gasteiger partial charge on any atom is 0.316 e. The van der Waals surface area contributed by atoms with Crippen molar-refractivity contribution in [3.63, 3.8) is 0 Å². The molecule has 2 saturated heterocycles. The molecule has 0 radical (unpaired) electrons. The summed E-state index contributed by atoms with van der Waals surface area (Å²) in [5.74, 6) is 0.777. The molecule has 126 valence electrons. The van der Waals surface area contributed by atoms with Gasteiger partial charge in [0.25, 0.3) is 0 Å². The zero-order valence-corrected chi connectivity index (χ0v) is 13.8. The van der Waals surface area contributed by atoms with Gasteiger partial charge in [0.2, 0.25) is 5.95 Å². The summed E-state index contributed by atoms with van der Waals surface area (Å²) < 4.78 is 12.0. The van der Waals surface area contributed by atoms with Crippen LogP contribution in [0.4, 0.5) is 5.95 Å². The summed E-state index contributed by atoms with van der Waals surface area (Å²) in [6.07, 6.45) is 10.0. The lowest BCUT2D eigenvalue weighted by Crippen LogP contribution is -2.48. The molecule has 0 bridgehead atoms. The van der Waals surface area contributed by atoms with E-state index in [9.17, 15) is 0 Å². The minimum absolute atomic E-state index is 0.00807. The highest BCUT2D eigenvalue weighted by molar-refractivity contribution is 5.32. The smallest absolute Gasteiger partial charge is 0.316 e. The van der Waals surface area contributed by atoms with Gasteiger partial charge in [-0.1, -0.05) is 0 Å². The molecule has 7 nitrogen and oxygen atoms in total. The normalized spacial score (nSPS) is 26.7. The molecule has 24 heavy (non-hydrogen) atoms. The van der Waals surface area contributed by atoms with E-state index >= 15 is 0 Å². The third kappa shape index (κ3) is 3.17. The van der Waals surface area contributed by atoms with E-state index in [2.05, 4.69) is 24.8 Å². The number of hydrogen-bond acceptors (Lipinski definition) is 7. The number of ether oxygens (including phenoxy) is 2. The molecule has 0 aromatic carbocycles. The van der Waals surface area contributed by atoms with Gasteiger partial charge in [0.15, 0.2) is 0 Å². The van der Waals surface area contributed by atoms with Gasteiger partial charge in [-0.2, -0.15) is 0 Å². The molecule has 4 heterocycles. The first kappa shape index (κ1) is 15.3. The first-order valence-electron chi connectivity index (χ1n) is 8.34. The molecule has 7 heteroatoms. The molecular weight excluding hydrogens is 306 g/mol. The summed E-state index contributed by atoms with van der Waals surface area (Å²) >= 11 is 0. The molecule has 0 amide bonds. The molecule has 0 unspecified atom stereocenters. The number of aromatic nitrogens is 4. The Hall–Kier alpha value is -2.28. The zero-order valence-electron chi connectivity index (χ0n) is 13.8. The second kappa shape index (κ2) is 6.32. The van der Waals surface area contributed by atoms with Crippen molar-refractivity contribution >= 4 is 5.95 Å². The first-order valence-corrected chi connectivity index (χ1v) is 8.34. The van der Waals surface area contributed by atoms with Crippen molar-refractivity contribution in [3.05, 3.63) is 36.4 Å². The Morgan fingerprint density at radius 3 is 2.79 bits per heavy atom. The van der Waals surface area contributed by atoms with Gasteiger partial charge in [-0.25, -0.2) is 19.9 Å². The van der Waals surface area contributed by atoms with Crippen LogP contribution >= 0.6 is 0 Å².